The smallest absolute Gasteiger partial charge is 0.410 e. The number of anilines is 6. The Morgan fingerprint density at radius 1 is 0.419 bits per heavy atom. The number of carbonyl (C=O) groups excluding carboxylic acids is 5. The van der Waals surface area contributed by atoms with Crippen LogP contribution in [0.4, 0.5) is 71.3 Å². The molecule has 3 aromatic carbocycles. The van der Waals surface area contributed by atoms with E-state index in [0.29, 0.717) is 132 Å². The topological polar surface area (TPSA) is 249 Å². The summed E-state index contributed by atoms with van der Waals surface area (Å²) in [6.45, 7) is 15.9. The highest BCUT2D eigenvalue weighted by Gasteiger charge is 2.29. The number of likely N-dealkylation sites (tertiary alicyclic amines) is 1. The van der Waals surface area contributed by atoms with Gasteiger partial charge in [-0.1, -0.05) is 42.8 Å². The quantitative estimate of drug-likeness (QED) is 0.0593. The number of hydrogen-bond acceptors (Lipinski definition) is 15. The van der Waals surface area contributed by atoms with Crippen LogP contribution in [0.1, 0.15) is 78.7 Å². The van der Waals surface area contributed by atoms with Crippen LogP contribution in [0.5, 0.6) is 0 Å². The summed E-state index contributed by atoms with van der Waals surface area (Å²) in [5.41, 5.74) is 6.10. The summed E-state index contributed by atoms with van der Waals surface area (Å²) in [6.07, 6.45) is 10.4. The summed E-state index contributed by atoms with van der Waals surface area (Å²) >= 11 is 0. The van der Waals surface area contributed by atoms with Crippen LogP contribution in [-0.2, 0) is 38.6 Å². The van der Waals surface area contributed by atoms with E-state index in [2.05, 4.69) is 61.6 Å². The van der Waals surface area contributed by atoms with E-state index in [9.17, 15) is 28.4 Å². The van der Waals surface area contributed by atoms with E-state index in [1.165, 1.54) is 18.6 Å². The third-order valence-corrected chi connectivity index (χ3v) is 16.3. The minimum atomic E-state index is -0.543. The number of piperazine rings is 2. The predicted molar refractivity (Wildman–Crippen MR) is 348 cm³/mol. The lowest BCUT2D eigenvalue weighted by molar-refractivity contribution is -0.0153. The van der Waals surface area contributed by atoms with Crippen molar-refractivity contribution in [1.82, 2.24) is 39.5 Å². The lowest BCUT2D eigenvalue weighted by Gasteiger charge is -2.35. The van der Waals surface area contributed by atoms with Gasteiger partial charge in [0.2, 0.25) is 0 Å². The van der Waals surface area contributed by atoms with Crippen molar-refractivity contribution in [3.05, 3.63) is 161 Å². The number of aryl methyl sites for hydroxylation is 3. The van der Waals surface area contributed by atoms with Crippen LogP contribution in [0, 0.1) is 38.2 Å². The lowest BCUT2D eigenvalue weighted by atomic mass is 10.1. The second kappa shape index (κ2) is 34.6. The van der Waals surface area contributed by atoms with Crippen molar-refractivity contribution in [2.75, 3.05) is 124 Å². The molecule has 93 heavy (non-hydrogen) atoms. The molecular formula is C67H83F3N14O9. The molecule has 8 amide bonds. The molecule has 0 spiro atoms. The standard InChI is InChI=1S/2C24H30FN5O4.C19H23FN4O/c2*1-17-5-6-19(15-26-17)27-23(31)28-21-4-2-3-18(22(21)25)16-29-9-11-30(12-10-29)24(32)34-20-7-13-33-14-8-20;1-14-8-9-16(12-21-14)22-19(25)23-17-7-5-6-15(18(17)20)13-24-10-3-2-4-11-24/h2*2-6,15,20H,7-14,16H2,1H3,(H2,27,28,31);5-9,12H,2-4,10-11,13H2,1H3,(H2,22,23,25). The Labute approximate surface area is 540 Å². The fourth-order valence-electron chi connectivity index (χ4n) is 10.9. The SMILES string of the molecule is Cc1ccc(NC(=O)Nc2cccc(CN3CCCCC3)c2F)cn1.Cc1ccc(NC(=O)Nc2cccc(CN3CCN(C(=O)OC4CCOCC4)CC3)c2F)cn1.Cc1ccc(NC(=O)Nc2cccc(CN3CCN(C(=O)OC4CCOCC4)CC3)c2F)cn1. The molecule has 5 aliphatic rings. The van der Waals surface area contributed by atoms with E-state index >= 15 is 8.78 Å². The van der Waals surface area contributed by atoms with Gasteiger partial charge in [0.15, 0.2) is 17.5 Å². The number of nitrogens with zero attached hydrogens (tertiary/aromatic N) is 8. The van der Waals surface area contributed by atoms with Gasteiger partial charge in [-0.2, -0.15) is 0 Å². The van der Waals surface area contributed by atoms with Crippen LogP contribution < -0.4 is 31.9 Å². The zero-order chi connectivity index (χ0) is 65.5. The van der Waals surface area contributed by atoms with Gasteiger partial charge < -0.3 is 60.6 Å². The number of benzene rings is 3. The maximum Gasteiger partial charge on any atom is 0.410 e. The Balaban J connectivity index is 0.000000167. The summed E-state index contributed by atoms with van der Waals surface area (Å²) in [7, 11) is 0. The van der Waals surface area contributed by atoms with Crippen LogP contribution in [0.15, 0.2) is 110 Å². The molecule has 3 aromatic heterocycles. The number of nitrogens with one attached hydrogen (secondary N) is 6. The Morgan fingerprint density at radius 2 is 0.731 bits per heavy atom. The largest absolute Gasteiger partial charge is 0.446 e. The summed E-state index contributed by atoms with van der Waals surface area (Å²) in [6, 6.07) is 24.0. The minimum absolute atomic E-state index is 0.0805. The number of ether oxygens (including phenoxy) is 4. The minimum Gasteiger partial charge on any atom is -0.446 e. The van der Waals surface area contributed by atoms with Gasteiger partial charge in [-0.15, -0.1) is 0 Å². The van der Waals surface area contributed by atoms with E-state index < -0.39 is 29.7 Å². The van der Waals surface area contributed by atoms with Gasteiger partial charge >= 0.3 is 30.3 Å². The molecule has 5 aliphatic heterocycles. The number of amides is 8. The molecule has 0 saturated carbocycles. The highest BCUT2D eigenvalue weighted by molar-refractivity contribution is 6.01. The number of halogens is 3. The lowest BCUT2D eigenvalue weighted by Crippen LogP contribution is -2.49. The molecule has 0 bridgehead atoms. The van der Waals surface area contributed by atoms with Crippen molar-refractivity contribution in [3.63, 3.8) is 0 Å². The van der Waals surface area contributed by atoms with Crippen molar-refractivity contribution in [1.29, 1.82) is 0 Å². The molecule has 6 aromatic rings. The highest BCUT2D eigenvalue weighted by Crippen LogP contribution is 2.26. The Morgan fingerprint density at radius 3 is 1.03 bits per heavy atom. The average Bonchev–Trinajstić information content (AvgIpc) is 1.22. The molecule has 0 aliphatic carbocycles. The summed E-state index contributed by atoms with van der Waals surface area (Å²) in [5.74, 6) is -1.31. The highest BCUT2D eigenvalue weighted by atomic mass is 19.1. The fraction of sp³-hybridized carbons (Fsp3) is 0.433. The maximum absolute atomic E-state index is 15.1. The van der Waals surface area contributed by atoms with Crippen LogP contribution in [-0.4, -0.2) is 174 Å². The monoisotopic (exact) mass is 1280 g/mol. The third kappa shape index (κ3) is 21.6. The van der Waals surface area contributed by atoms with Crippen molar-refractivity contribution in [2.45, 2.75) is 97.6 Å². The molecule has 11 rings (SSSR count). The molecule has 0 unspecified atom stereocenters. The molecule has 23 nitrogen and oxygen atoms in total. The van der Waals surface area contributed by atoms with E-state index in [1.54, 1.807) is 107 Å². The average molecular weight is 1290 g/mol. The van der Waals surface area contributed by atoms with Gasteiger partial charge in [-0.3, -0.25) is 29.7 Å². The molecule has 0 atom stereocenters. The van der Waals surface area contributed by atoms with E-state index in [-0.39, 0.29) is 47.3 Å². The number of hydrogen-bond donors (Lipinski definition) is 6. The van der Waals surface area contributed by atoms with Crippen LogP contribution in [0.25, 0.3) is 0 Å². The van der Waals surface area contributed by atoms with Crippen LogP contribution >= 0.6 is 0 Å². The molecule has 8 heterocycles. The normalized spacial score (nSPS) is 16.7. The molecule has 5 saturated heterocycles. The van der Waals surface area contributed by atoms with Gasteiger partial charge in [0, 0.05) is 131 Å². The first-order chi connectivity index (χ1) is 45.1. The number of carbonyl (C=O) groups is 5. The second-order valence-electron chi connectivity index (χ2n) is 23.4. The number of rotatable bonds is 14. The first kappa shape index (κ1) is 68.4. The zero-order valence-corrected chi connectivity index (χ0v) is 52.9. The molecule has 26 heteroatoms. The van der Waals surface area contributed by atoms with Gasteiger partial charge in [0.05, 0.1) is 79.1 Å². The fourth-order valence-corrected chi connectivity index (χ4v) is 10.9. The Kier molecular flexibility index (Phi) is 25.5. The number of urea groups is 3. The predicted octanol–water partition coefficient (Wildman–Crippen LogP) is 11.4. The van der Waals surface area contributed by atoms with Gasteiger partial charge in [-0.25, -0.2) is 37.1 Å². The van der Waals surface area contributed by atoms with E-state index in [0.717, 1.165) is 68.7 Å². The number of piperidine rings is 1. The van der Waals surface area contributed by atoms with Gasteiger partial charge in [0.25, 0.3) is 0 Å². The first-order valence-electron chi connectivity index (χ1n) is 31.6. The van der Waals surface area contributed by atoms with Crippen LogP contribution in [0.3, 0.4) is 0 Å². The van der Waals surface area contributed by atoms with Crippen molar-refractivity contribution in [2.24, 2.45) is 0 Å². The molecule has 5 fully saturated rings. The Bertz CT molecular complexity index is 3250. The van der Waals surface area contributed by atoms with Crippen molar-refractivity contribution in [3.8, 4) is 0 Å². The molecule has 496 valence electrons. The molecule has 0 radical (unpaired) electrons. The van der Waals surface area contributed by atoms with Gasteiger partial charge in [0.1, 0.15) is 12.2 Å². The summed E-state index contributed by atoms with van der Waals surface area (Å²) in [4.78, 5) is 83.7. The molecule has 6 N–H and O–H groups in total. The Hall–Kier alpha value is -8.95. The van der Waals surface area contributed by atoms with E-state index in [4.69, 9.17) is 18.9 Å². The third-order valence-electron chi connectivity index (χ3n) is 16.3. The zero-order valence-electron chi connectivity index (χ0n) is 52.9. The van der Waals surface area contributed by atoms with E-state index in [1.807, 2.05) is 20.8 Å². The second-order valence-corrected chi connectivity index (χ2v) is 23.4. The maximum atomic E-state index is 15.1. The number of aromatic nitrogens is 3. The van der Waals surface area contributed by atoms with Gasteiger partial charge in [-0.05, 0) is 101 Å². The summed E-state index contributed by atoms with van der Waals surface area (Å²) < 4.78 is 66.6. The molecular weight excluding hydrogens is 1200 g/mol. The summed E-state index contributed by atoms with van der Waals surface area (Å²) in [5, 5.41) is 15.6. The number of pyridine rings is 3. The van der Waals surface area contributed by atoms with Crippen molar-refractivity contribution >= 4 is 64.4 Å². The van der Waals surface area contributed by atoms with Crippen LogP contribution in [0.2, 0.25) is 0 Å². The first-order valence-corrected chi connectivity index (χ1v) is 31.6. The van der Waals surface area contributed by atoms with Crippen molar-refractivity contribution < 1.29 is 56.1 Å².